The SMILES string of the molecule is Cc1ccc(CN)c(Sc2ccccn2)n1. The van der Waals surface area contributed by atoms with E-state index in [1.165, 1.54) is 0 Å². The van der Waals surface area contributed by atoms with Gasteiger partial charge < -0.3 is 5.73 Å². The second-order valence-electron chi connectivity index (χ2n) is 3.39. The lowest BCUT2D eigenvalue weighted by Crippen LogP contribution is -2.01. The maximum Gasteiger partial charge on any atom is 0.107 e. The third kappa shape index (κ3) is 2.59. The van der Waals surface area contributed by atoms with Crippen molar-refractivity contribution in [2.24, 2.45) is 5.73 Å². The van der Waals surface area contributed by atoms with Gasteiger partial charge in [-0.15, -0.1) is 0 Å². The van der Waals surface area contributed by atoms with Gasteiger partial charge in [-0.3, -0.25) is 0 Å². The Morgan fingerprint density at radius 2 is 2.12 bits per heavy atom. The van der Waals surface area contributed by atoms with Crippen LogP contribution in [0.3, 0.4) is 0 Å². The number of nitrogens with two attached hydrogens (primary N) is 1. The lowest BCUT2D eigenvalue weighted by Gasteiger charge is -2.06. The van der Waals surface area contributed by atoms with Gasteiger partial charge in [0.2, 0.25) is 0 Å². The van der Waals surface area contributed by atoms with Crippen molar-refractivity contribution >= 4 is 11.8 Å². The highest BCUT2D eigenvalue weighted by Gasteiger charge is 2.05. The fraction of sp³-hybridized carbons (Fsp3) is 0.167. The zero-order chi connectivity index (χ0) is 11.4. The molecule has 2 aromatic rings. The van der Waals surface area contributed by atoms with Crippen LogP contribution >= 0.6 is 11.8 Å². The van der Waals surface area contributed by atoms with Crippen molar-refractivity contribution in [3.8, 4) is 0 Å². The van der Waals surface area contributed by atoms with Crippen molar-refractivity contribution < 1.29 is 0 Å². The second-order valence-corrected chi connectivity index (χ2v) is 4.40. The zero-order valence-corrected chi connectivity index (χ0v) is 9.87. The van der Waals surface area contributed by atoms with Crippen LogP contribution < -0.4 is 5.73 Å². The summed E-state index contributed by atoms with van der Waals surface area (Å²) in [5, 5.41) is 1.89. The molecule has 0 saturated carbocycles. The number of aromatic nitrogens is 2. The maximum atomic E-state index is 5.68. The van der Waals surface area contributed by atoms with E-state index in [0.717, 1.165) is 21.3 Å². The van der Waals surface area contributed by atoms with E-state index < -0.39 is 0 Å². The highest BCUT2D eigenvalue weighted by molar-refractivity contribution is 7.99. The predicted molar refractivity (Wildman–Crippen MR) is 65.2 cm³/mol. The highest BCUT2D eigenvalue weighted by atomic mass is 32.2. The number of rotatable bonds is 3. The van der Waals surface area contributed by atoms with Gasteiger partial charge in [0.15, 0.2) is 0 Å². The Kier molecular flexibility index (Phi) is 3.54. The Morgan fingerprint density at radius 1 is 1.25 bits per heavy atom. The Labute approximate surface area is 99.1 Å². The molecule has 0 bridgehead atoms. The number of pyridine rings is 2. The molecule has 16 heavy (non-hydrogen) atoms. The Hall–Kier alpha value is -1.39. The van der Waals surface area contributed by atoms with Gasteiger partial charge >= 0.3 is 0 Å². The number of aryl methyl sites for hydroxylation is 1. The molecular formula is C12H13N3S. The number of hydrogen-bond donors (Lipinski definition) is 1. The van der Waals surface area contributed by atoms with Crippen molar-refractivity contribution in [1.82, 2.24) is 9.97 Å². The molecule has 0 radical (unpaired) electrons. The molecule has 0 unspecified atom stereocenters. The Bertz CT molecular complexity index is 471. The summed E-state index contributed by atoms with van der Waals surface area (Å²) in [4.78, 5) is 8.74. The van der Waals surface area contributed by atoms with Gasteiger partial charge in [0.25, 0.3) is 0 Å². The molecule has 4 heteroatoms. The van der Waals surface area contributed by atoms with Crippen molar-refractivity contribution in [2.45, 2.75) is 23.5 Å². The molecule has 82 valence electrons. The average molecular weight is 231 g/mol. The maximum absolute atomic E-state index is 5.68. The molecule has 0 amide bonds. The largest absolute Gasteiger partial charge is 0.326 e. The predicted octanol–water partition coefficient (Wildman–Crippen LogP) is 2.39. The second kappa shape index (κ2) is 5.09. The van der Waals surface area contributed by atoms with Crippen LogP contribution in [0.4, 0.5) is 0 Å². The third-order valence-electron chi connectivity index (χ3n) is 2.14. The molecule has 0 spiro atoms. The molecule has 2 aromatic heterocycles. The molecule has 3 nitrogen and oxygen atoms in total. The minimum absolute atomic E-state index is 0.502. The van der Waals surface area contributed by atoms with Gasteiger partial charge in [0, 0.05) is 18.4 Å². The first-order valence-corrected chi connectivity index (χ1v) is 5.86. The highest BCUT2D eigenvalue weighted by Crippen LogP contribution is 2.26. The molecule has 0 atom stereocenters. The van der Waals surface area contributed by atoms with Crippen molar-refractivity contribution in [3.05, 3.63) is 47.8 Å². The van der Waals surface area contributed by atoms with E-state index in [-0.39, 0.29) is 0 Å². The van der Waals surface area contributed by atoms with E-state index in [2.05, 4.69) is 9.97 Å². The van der Waals surface area contributed by atoms with Crippen molar-refractivity contribution in [3.63, 3.8) is 0 Å². The van der Waals surface area contributed by atoms with Crippen LogP contribution in [0.15, 0.2) is 46.6 Å². The van der Waals surface area contributed by atoms with Crippen molar-refractivity contribution in [2.75, 3.05) is 0 Å². The summed E-state index contributed by atoms with van der Waals surface area (Å²) in [5.41, 5.74) is 7.73. The van der Waals surface area contributed by atoms with E-state index in [9.17, 15) is 0 Å². The molecule has 0 aliphatic rings. The van der Waals surface area contributed by atoms with Crippen LogP contribution in [0.1, 0.15) is 11.3 Å². The standard InChI is InChI=1S/C12H13N3S/c1-9-5-6-10(8-13)12(15-9)16-11-4-2-3-7-14-11/h2-7H,8,13H2,1H3. The molecule has 0 aromatic carbocycles. The third-order valence-corrected chi connectivity index (χ3v) is 3.13. The van der Waals surface area contributed by atoms with Crippen molar-refractivity contribution in [1.29, 1.82) is 0 Å². The fourth-order valence-electron chi connectivity index (χ4n) is 1.31. The van der Waals surface area contributed by atoms with Gasteiger partial charge in [0.05, 0.1) is 0 Å². The smallest absolute Gasteiger partial charge is 0.107 e. The molecule has 0 aliphatic carbocycles. The summed E-state index contributed by atoms with van der Waals surface area (Å²) in [6, 6.07) is 9.83. The minimum atomic E-state index is 0.502. The van der Waals surface area contributed by atoms with E-state index >= 15 is 0 Å². The Balaban J connectivity index is 2.30. The van der Waals surface area contributed by atoms with Crippen LogP contribution in [-0.2, 0) is 6.54 Å². The topological polar surface area (TPSA) is 51.8 Å². The minimum Gasteiger partial charge on any atom is -0.326 e. The van der Waals surface area contributed by atoms with Crippen LogP contribution in [0.2, 0.25) is 0 Å². The first-order valence-electron chi connectivity index (χ1n) is 5.05. The van der Waals surface area contributed by atoms with Gasteiger partial charge in [-0.25, -0.2) is 9.97 Å². The van der Waals surface area contributed by atoms with Gasteiger partial charge in [-0.1, -0.05) is 12.1 Å². The van der Waals surface area contributed by atoms with Crippen LogP contribution in [0.5, 0.6) is 0 Å². The summed E-state index contributed by atoms with van der Waals surface area (Å²) < 4.78 is 0. The molecule has 0 saturated heterocycles. The van der Waals surface area contributed by atoms with Gasteiger partial charge in [0.1, 0.15) is 10.1 Å². The summed E-state index contributed by atoms with van der Waals surface area (Å²) in [6.45, 7) is 2.48. The fourth-order valence-corrected chi connectivity index (χ4v) is 2.24. The summed E-state index contributed by atoms with van der Waals surface area (Å²) in [7, 11) is 0. The molecule has 0 aliphatic heterocycles. The van der Waals surface area contributed by atoms with E-state index in [1.807, 2.05) is 37.3 Å². The van der Waals surface area contributed by atoms with E-state index in [1.54, 1.807) is 18.0 Å². The quantitative estimate of drug-likeness (QED) is 0.881. The first-order chi connectivity index (χ1) is 7.79. The normalized spacial score (nSPS) is 10.4. The number of nitrogens with zero attached hydrogens (tertiary/aromatic N) is 2. The summed E-state index contributed by atoms with van der Waals surface area (Å²) in [6.07, 6.45) is 1.78. The Morgan fingerprint density at radius 3 is 2.81 bits per heavy atom. The van der Waals surface area contributed by atoms with Crippen LogP contribution in [0.25, 0.3) is 0 Å². The van der Waals surface area contributed by atoms with Gasteiger partial charge in [-0.05, 0) is 42.4 Å². The molecule has 2 rings (SSSR count). The lowest BCUT2D eigenvalue weighted by atomic mass is 10.2. The first kappa shape index (κ1) is 11.1. The molecule has 2 N–H and O–H groups in total. The molecule has 0 fully saturated rings. The monoisotopic (exact) mass is 231 g/mol. The van der Waals surface area contributed by atoms with Crippen LogP contribution in [0, 0.1) is 6.92 Å². The van der Waals surface area contributed by atoms with E-state index in [0.29, 0.717) is 6.54 Å². The average Bonchev–Trinajstić information content (AvgIpc) is 2.31. The summed E-state index contributed by atoms with van der Waals surface area (Å²) in [5.74, 6) is 0. The molecule has 2 heterocycles. The number of hydrogen-bond acceptors (Lipinski definition) is 4. The lowest BCUT2D eigenvalue weighted by molar-refractivity contribution is 0.938. The molecular weight excluding hydrogens is 218 g/mol. The summed E-state index contributed by atoms with van der Waals surface area (Å²) >= 11 is 1.55. The van der Waals surface area contributed by atoms with Gasteiger partial charge in [-0.2, -0.15) is 0 Å². The zero-order valence-electron chi connectivity index (χ0n) is 9.05. The van der Waals surface area contributed by atoms with E-state index in [4.69, 9.17) is 5.73 Å². The van der Waals surface area contributed by atoms with Crippen LogP contribution in [-0.4, -0.2) is 9.97 Å².